The van der Waals surface area contributed by atoms with Crippen molar-refractivity contribution in [1.29, 1.82) is 0 Å². The van der Waals surface area contributed by atoms with Crippen LogP contribution in [0.15, 0.2) is 12.1 Å². The molecular weight excluding hydrogens is 276 g/mol. The fraction of sp³-hybridized carbons (Fsp3) is 0.571. The molecule has 0 aromatic carbocycles. The van der Waals surface area contributed by atoms with Crippen LogP contribution >= 0.6 is 11.6 Å². The third-order valence-electron chi connectivity index (χ3n) is 3.82. The molecule has 0 bridgehead atoms. The van der Waals surface area contributed by atoms with Gasteiger partial charge >= 0.3 is 7.12 Å². The lowest BCUT2D eigenvalue weighted by atomic mass is 9.83. The van der Waals surface area contributed by atoms with Gasteiger partial charge in [-0.05, 0) is 52.3 Å². The van der Waals surface area contributed by atoms with E-state index in [-0.39, 0.29) is 5.78 Å². The second kappa shape index (κ2) is 5.13. The highest BCUT2D eigenvalue weighted by Gasteiger charge is 2.52. The minimum atomic E-state index is -0.565. The highest BCUT2D eigenvalue weighted by Crippen LogP contribution is 2.36. The van der Waals surface area contributed by atoms with Gasteiger partial charge in [0.15, 0.2) is 0 Å². The molecule has 0 aliphatic carbocycles. The highest BCUT2D eigenvalue weighted by atomic mass is 35.5. The predicted molar refractivity (Wildman–Crippen MR) is 79.3 cm³/mol. The Balaban J connectivity index is 2.30. The number of halogens is 1. The number of rotatable bonds is 3. The molecule has 0 N–H and O–H groups in total. The minimum Gasteiger partial charge on any atom is -0.398 e. The van der Waals surface area contributed by atoms with E-state index in [1.54, 1.807) is 13.0 Å². The van der Waals surface area contributed by atoms with Gasteiger partial charge in [-0.15, -0.1) is 0 Å². The monoisotopic (exact) mass is 295 g/mol. The Kier molecular flexibility index (Phi) is 3.97. The van der Waals surface area contributed by atoms with Gasteiger partial charge in [-0.3, -0.25) is 4.79 Å². The van der Waals surface area contributed by atoms with E-state index in [4.69, 9.17) is 20.9 Å². The van der Waals surface area contributed by atoms with Gasteiger partial charge < -0.3 is 9.31 Å². The first-order valence-corrected chi connectivity index (χ1v) is 7.00. The van der Waals surface area contributed by atoms with E-state index >= 15 is 0 Å². The van der Waals surface area contributed by atoms with Crippen molar-refractivity contribution in [1.82, 2.24) is 4.98 Å². The lowest BCUT2D eigenvalue weighted by Gasteiger charge is -2.32. The number of aromatic nitrogens is 1. The number of nitrogens with zero attached hydrogens (tertiary/aromatic N) is 1. The molecule has 6 heteroatoms. The Bertz CT molecular complexity index is 529. The number of pyridine rings is 1. The van der Waals surface area contributed by atoms with Crippen LogP contribution in [0.5, 0.6) is 0 Å². The zero-order valence-corrected chi connectivity index (χ0v) is 13.2. The van der Waals surface area contributed by atoms with Crippen molar-refractivity contribution in [3.63, 3.8) is 0 Å². The number of hydrogen-bond acceptors (Lipinski definition) is 4. The number of carbonyl (C=O) groups is 1. The summed E-state index contributed by atoms with van der Waals surface area (Å²) in [6, 6.07) is 3.51. The van der Waals surface area contributed by atoms with E-state index in [1.165, 1.54) is 0 Å². The summed E-state index contributed by atoms with van der Waals surface area (Å²) in [5.41, 5.74) is 0.569. The van der Waals surface area contributed by atoms with Crippen LogP contribution in [0, 0.1) is 0 Å². The number of ketones is 1. The molecule has 1 saturated heterocycles. The Morgan fingerprint density at radius 1 is 1.25 bits per heavy atom. The molecule has 20 heavy (non-hydrogen) atoms. The van der Waals surface area contributed by atoms with Crippen LogP contribution in [0.1, 0.15) is 40.2 Å². The van der Waals surface area contributed by atoms with Gasteiger partial charge in [0.25, 0.3) is 0 Å². The Morgan fingerprint density at radius 2 is 1.80 bits per heavy atom. The van der Waals surface area contributed by atoms with E-state index in [2.05, 4.69) is 4.98 Å². The highest BCUT2D eigenvalue weighted by molar-refractivity contribution is 6.61. The van der Waals surface area contributed by atoms with Crippen LogP contribution in [-0.2, 0) is 20.5 Å². The van der Waals surface area contributed by atoms with Crippen LogP contribution < -0.4 is 5.59 Å². The van der Waals surface area contributed by atoms with Crippen molar-refractivity contribution in [2.45, 2.75) is 52.2 Å². The average molecular weight is 296 g/mol. The summed E-state index contributed by atoms with van der Waals surface area (Å²) in [5.74, 6) is 0.0761. The van der Waals surface area contributed by atoms with Gasteiger partial charge in [-0.25, -0.2) is 4.98 Å². The largest absolute Gasteiger partial charge is 0.514 e. The lowest BCUT2D eigenvalue weighted by molar-refractivity contribution is -0.116. The molecule has 1 aliphatic rings. The summed E-state index contributed by atoms with van der Waals surface area (Å²) in [4.78, 5) is 15.5. The Hall–Kier alpha value is -0.905. The molecule has 1 fully saturated rings. The normalized spacial score (nSPS) is 20.2. The zero-order valence-electron chi connectivity index (χ0n) is 12.5. The van der Waals surface area contributed by atoms with Crippen LogP contribution in [0.2, 0.25) is 5.15 Å². The molecule has 0 spiro atoms. The standard InChI is InChI=1S/C14H19BClNO3/c1-9(18)6-10-7-11(17-12(16)8-10)15-19-13(2,3)14(4,5)20-15/h7-8H,6H2,1-5H3. The third kappa shape index (κ3) is 3.05. The molecule has 0 radical (unpaired) electrons. The number of Topliss-reactive ketones (excluding diaryl/α,β-unsaturated/α-hetero) is 1. The van der Waals surface area contributed by atoms with Gasteiger partial charge in [0.2, 0.25) is 0 Å². The molecule has 108 valence electrons. The molecule has 4 nitrogen and oxygen atoms in total. The summed E-state index contributed by atoms with van der Waals surface area (Å²) in [5, 5.41) is 0.341. The van der Waals surface area contributed by atoms with Crippen molar-refractivity contribution in [3.05, 3.63) is 22.8 Å². The van der Waals surface area contributed by atoms with Crippen molar-refractivity contribution in [3.8, 4) is 0 Å². The van der Waals surface area contributed by atoms with Crippen LogP contribution in [0.25, 0.3) is 0 Å². The first-order chi connectivity index (χ1) is 9.10. The maximum Gasteiger partial charge on any atom is 0.514 e. The Labute approximate surface area is 125 Å². The van der Waals surface area contributed by atoms with Crippen molar-refractivity contribution >= 4 is 30.1 Å². The summed E-state index contributed by atoms with van der Waals surface area (Å²) >= 11 is 6.02. The average Bonchev–Trinajstić information content (AvgIpc) is 2.46. The quantitative estimate of drug-likeness (QED) is 0.633. The molecule has 0 amide bonds. The molecule has 2 heterocycles. The maximum absolute atomic E-state index is 11.2. The SMILES string of the molecule is CC(=O)Cc1cc(Cl)nc(B2OC(C)(C)C(C)(C)O2)c1. The van der Waals surface area contributed by atoms with Gasteiger partial charge in [0.05, 0.1) is 16.8 Å². The number of carbonyl (C=O) groups excluding carboxylic acids is 1. The first-order valence-electron chi connectivity index (χ1n) is 6.62. The van der Waals surface area contributed by atoms with Crippen LogP contribution in [0.4, 0.5) is 0 Å². The molecule has 0 unspecified atom stereocenters. The van der Waals surface area contributed by atoms with Gasteiger partial charge in [-0.2, -0.15) is 0 Å². The second-order valence-corrected chi connectivity index (χ2v) is 6.58. The van der Waals surface area contributed by atoms with E-state index in [0.29, 0.717) is 17.2 Å². The van der Waals surface area contributed by atoms with Gasteiger partial charge in [0.1, 0.15) is 10.9 Å². The van der Waals surface area contributed by atoms with Crippen molar-refractivity contribution in [2.75, 3.05) is 0 Å². The topological polar surface area (TPSA) is 48.4 Å². The third-order valence-corrected chi connectivity index (χ3v) is 4.02. The maximum atomic E-state index is 11.2. The van der Waals surface area contributed by atoms with E-state index in [0.717, 1.165) is 5.56 Å². The van der Waals surface area contributed by atoms with Crippen LogP contribution in [0.3, 0.4) is 0 Å². The molecule has 0 atom stereocenters. The summed E-state index contributed by atoms with van der Waals surface area (Å²) in [6.45, 7) is 9.47. The molecular formula is C14H19BClNO3. The molecule has 2 rings (SSSR count). The van der Waals surface area contributed by atoms with Gasteiger partial charge in [-0.1, -0.05) is 11.6 Å². The van der Waals surface area contributed by atoms with Gasteiger partial charge in [0, 0.05) is 6.42 Å². The molecule has 1 aromatic rings. The fourth-order valence-electron chi connectivity index (χ4n) is 2.05. The second-order valence-electron chi connectivity index (χ2n) is 6.19. The number of hydrogen-bond donors (Lipinski definition) is 0. The summed E-state index contributed by atoms with van der Waals surface area (Å²) in [6.07, 6.45) is 0.328. The van der Waals surface area contributed by atoms with E-state index in [1.807, 2.05) is 33.8 Å². The summed E-state index contributed by atoms with van der Waals surface area (Å²) in [7, 11) is -0.565. The predicted octanol–water partition coefficient (Wildman–Crippen LogP) is 2.17. The molecule has 1 aliphatic heterocycles. The van der Waals surface area contributed by atoms with Crippen molar-refractivity contribution in [2.24, 2.45) is 0 Å². The summed E-state index contributed by atoms with van der Waals surface area (Å²) < 4.78 is 11.9. The van der Waals surface area contributed by atoms with E-state index in [9.17, 15) is 4.79 Å². The molecule has 1 aromatic heterocycles. The zero-order chi connectivity index (χ0) is 15.1. The minimum absolute atomic E-state index is 0.0761. The Morgan fingerprint density at radius 3 is 2.30 bits per heavy atom. The van der Waals surface area contributed by atoms with Crippen LogP contribution in [-0.4, -0.2) is 29.1 Å². The van der Waals surface area contributed by atoms with Crippen molar-refractivity contribution < 1.29 is 14.1 Å². The molecule has 0 saturated carbocycles. The smallest absolute Gasteiger partial charge is 0.398 e. The first kappa shape index (κ1) is 15.5. The van der Waals surface area contributed by atoms with E-state index < -0.39 is 18.3 Å². The lowest BCUT2D eigenvalue weighted by Crippen LogP contribution is -2.41. The fourth-order valence-corrected chi connectivity index (χ4v) is 2.28.